The Balaban J connectivity index is 1.49. The van der Waals surface area contributed by atoms with Gasteiger partial charge >= 0.3 is 6.03 Å². The predicted molar refractivity (Wildman–Crippen MR) is 105 cm³/mol. The molecule has 2 heterocycles. The van der Waals surface area contributed by atoms with Gasteiger partial charge in [0.25, 0.3) is 5.91 Å². The summed E-state index contributed by atoms with van der Waals surface area (Å²) in [7, 11) is 0. The van der Waals surface area contributed by atoms with Crippen LogP contribution in [0, 0.1) is 11.3 Å². The monoisotopic (exact) mass is 426 g/mol. The van der Waals surface area contributed by atoms with Gasteiger partial charge in [-0.3, -0.25) is 14.5 Å². The number of carbonyl (C=O) groups is 3. The molecule has 1 atom stereocenters. The molecule has 2 aromatic rings. The number of urea groups is 1. The minimum absolute atomic E-state index is 0.0848. The van der Waals surface area contributed by atoms with Crippen LogP contribution in [0.1, 0.15) is 18.1 Å². The maximum Gasteiger partial charge on any atom is 0.325 e. The van der Waals surface area contributed by atoms with Crippen molar-refractivity contribution in [3.63, 3.8) is 0 Å². The number of imide groups is 1. The second kappa shape index (κ2) is 7.24. The van der Waals surface area contributed by atoms with E-state index in [4.69, 9.17) is 26.3 Å². The average Bonchev–Trinajstić information content (AvgIpc) is 3.26. The molecule has 10 heteroatoms. The lowest BCUT2D eigenvalue weighted by Gasteiger charge is -2.22. The van der Waals surface area contributed by atoms with Crippen LogP contribution in [0.3, 0.4) is 0 Å². The number of fused-ring (bicyclic) bond motifs is 1. The molecule has 2 N–H and O–H groups in total. The Bertz CT molecular complexity index is 1130. The molecule has 0 aliphatic carbocycles. The summed E-state index contributed by atoms with van der Waals surface area (Å²) < 4.78 is 10.6. The number of anilines is 1. The lowest BCUT2D eigenvalue weighted by Crippen LogP contribution is -2.42. The molecule has 4 rings (SSSR count). The SMILES string of the molecule is CC1(c2ccc3c(c2)OCO3)NC(=O)N(CC(=O)Nc2ccc(C#N)c(Cl)c2)C1=O. The van der Waals surface area contributed by atoms with Crippen molar-refractivity contribution in [1.82, 2.24) is 10.2 Å². The molecule has 0 bridgehead atoms. The first-order valence-electron chi connectivity index (χ1n) is 8.85. The van der Waals surface area contributed by atoms with Crippen LogP contribution in [0.4, 0.5) is 10.5 Å². The normalized spacial score (nSPS) is 19.4. The van der Waals surface area contributed by atoms with Gasteiger partial charge in [-0.05, 0) is 42.8 Å². The van der Waals surface area contributed by atoms with Crippen LogP contribution in [0.15, 0.2) is 36.4 Å². The van der Waals surface area contributed by atoms with Gasteiger partial charge in [0.2, 0.25) is 12.7 Å². The van der Waals surface area contributed by atoms with Crippen molar-refractivity contribution in [1.29, 1.82) is 5.26 Å². The van der Waals surface area contributed by atoms with E-state index in [1.54, 1.807) is 25.1 Å². The van der Waals surface area contributed by atoms with Gasteiger partial charge in [-0.25, -0.2) is 4.79 Å². The molecule has 152 valence electrons. The van der Waals surface area contributed by atoms with Crippen LogP contribution < -0.4 is 20.1 Å². The maximum absolute atomic E-state index is 13.0. The van der Waals surface area contributed by atoms with Crippen molar-refractivity contribution in [3.8, 4) is 17.6 Å². The second-order valence-electron chi connectivity index (χ2n) is 6.87. The molecule has 2 aliphatic rings. The van der Waals surface area contributed by atoms with Crippen molar-refractivity contribution >= 4 is 35.1 Å². The topological polar surface area (TPSA) is 121 Å². The highest BCUT2D eigenvalue weighted by molar-refractivity contribution is 6.32. The maximum atomic E-state index is 13.0. The van der Waals surface area contributed by atoms with Crippen molar-refractivity contribution in [2.24, 2.45) is 0 Å². The molecule has 0 spiro atoms. The summed E-state index contributed by atoms with van der Waals surface area (Å²) in [5.41, 5.74) is -0.236. The third kappa shape index (κ3) is 3.27. The van der Waals surface area contributed by atoms with Gasteiger partial charge in [-0.1, -0.05) is 17.7 Å². The molecular formula is C20H15ClN4O5. The fourth-order valence-electron chi connectivity index (χ4n) is 3.27. The number of ether oxygens (including phenoxy) is 2. The van der Waals surface area contributed by atoms with E-state index in [9.17, 15) is 14.4 Å². The van der Waals surface area contributed by atoms with Gasteiger partial charge < -0.3 is 20.1 Å². The fraction of sp³-hybridized carbons (Fsp3) is 0.200. The van der Waals surface area contributed by atoms with E-state index in [1.807, 2.05) is 6.07 Å². The van der Waals surface area contributed by atoms with Crippen LogP contribution in [0.5, 0.6) is 11.5 Å². The number of hydrogen-bond donors (Lipinski definition) is 2. The Morgan fingerprint density at radius 3 is 2.77 bits per heavy atom. The zero-order valence-corrected chi connectivity index (χ0v) is 16.4. The summed E-state index contributed by atoms with van der Waals surface area (Å²) >= 11 is 5.95. The standard InChI is InChI=1S/C20H15ClN4O5/c1-20(12-3-5-15-16(6-12)30-10-29-15)18(27)25(19(28)24-20)9-17(26)23-13-4-2-11(8-22)14(21)7-13/h2-7H,9-10H2,1H3,(H,23,26)(H,24,28). The molecule has 1 saturated heterocycles. The molecule has 0 saturated carbocycles. The lowest BCUT2D eigenvalue weighted by atomic mass is 9.91. The number of rotatable bonds is 4. The van der Waals surface area contributed by atoms with E-state index in [0.29, 0.717) is 22.7 Å². The summed E-state index contributed by atoms with van der Waals surface area (Å²) in [5.74, 6) is -0.130. The third-order valence-corrected chi connectivity index (χ3v) is 5.21. The highest BCUT2D eigenvalue weighted by atomic mass is 35.5. The van der Waals surface area contributed by atoms with Crippen molar-refractivity contribution < 1.29 is 23.9 Å². The Kier molecular flexibility index (Phi) is 4.72. The number of hydrogen-bond acceptors (Lipinski definition) is 6. The molecule has 0 radical (unpaired) electrons. The second-order valence-corrected chi connectivity index (χ2v) is 7.28. The number of carbonyl (C=O) groups excluding carboxylic acids is 3. The van der Waals surface area contributed by atoms with Gasteiger partial charge in [0.15, 0.2) is 11.5 Å². The number of amides is 4. The van der Waals surface area contributed by atoms with Crippen LogP contribution >= 0.6 is 11.6 Å². The predicted octanol–water partition coefficient (Wildman–Crippen LogP) is 2.35. The van der Waals surface area contributed by atoms with Gasteiger partial charge in [0.05, 0.1) is 10.6 Å². The molecule has 9 nitrogen and oxygen atoms in total. The summed E-state index contributed by atoms with van der Waals surface area (Å²) in [4.78, 5) is 38.7. The number of benzene rings is 2. The largest absolute Gasteiger partial charge is 0.454 e. The summed E-state index contributed by atoms with van der Waals surface area (Å²) in [6.45, 7) is 1.16. The summed E-state index contributed by atoms with van der Waals surface area (Å²) in [5, 5.41) is 14.3. The van der Waals surface area contributed by atoms with Crippen LogP contribution in [0.25, 0.3) is 0 Å². The first-order chi connectivity index (χ1) is 14.3. The highest BCUT2D eigenvalue weighted by Gasteiger charge is 2.49. The first-order valence-corrected chi connectivity index (χ1v) is 9.23. The van der Waals surface area contributed by atoms with E-state index in [2.05, 4.69) is 10.6 Å². The molecule has 4 amide bonds. The molecule has 2 aromatic carbocycles. The van der Waals surface area contributed by atoms with Crippen molar-refractivity contribution in [3.05, 3.63) is 52.5 Å². The summed E-state index contributed by atoms with van der Waals surface area (Å²) in [6.07, 6.45) is 0. The Morgan fingerprint density at radius 1 is 1.27 bits per heavy atom. The average molecular weight is 427 g/mol. The quantitative estimate of drug-likeness (QED) is 0.724. The zero-order chi connectivity index (χ0) is 21.5. The van der Waals surface area contributed by atoms with Gasteiger partial charge in [0, 0.05) is 5.69 Å². The Morgan fingerprint density at radius 2 is 2.03 bits per heavy atom. The first kappa shape index (κ1) is 19.5. The van der Waals surface area contributed by atoms with E-state index in [1.165, 1.54) is 18.2 Å². The van der Waals surface area contributed by atoms with E-state index in [-0.39, 0.29) is 17.4 Å². The van der Waals surface area contributed by atoms with Crippen LogP contribution in [0.2, 0.25) is 5.02 Å². The van der Waals surface area contributed by atoms with Gasteiger partial charge in [-0.2, -0.15) is 5.26 Å². The molecular weight excluding hydrogens is 412 g/mol. The highest BCUT2D eigenvalue weighted by Crippen LogP contribution is 2.37. The van der Waals surface area contributed by atoms with Crippen molar-refractivity contribution in [2.75, 3.05) is 18.7 Å². The minimum Gasteiger partial charge on any atom is -0.454 e. The van der Waals surface area contributed by atoms with E-state index in [0.717, 1.165) is 4.90 Å². The van der Waals surface area contributed by atoms with E-state index < -0.39 is 29.9 Å². The van der Waals surface area contributed by atoms with Gasteiger partial charge in [0.1, 0.15) is 18.2 Å². The minimum atomic E-state index is -1.35. The van der Waals surface area contributed by atoms with E-state index >= 15 is 0 Å². The smallest absolute Gasteiger partial charge is 0.325 e. The van der Waals surface area contributed by atoms with Crippen LogP contribution in [-0.4, -0.2) is 36.1 Å². The molecule has 1 unspecified atom stereocenters. The number of nitriles is 1. The summed E-state index contributed by atoms with van der Waals surface area (Å²) in [6, 6.07) is 10.6. The molecule has 30 heavy (non-hydrogen) atoms. The van der Waals surface area contributed by atoms with Crippen LogP contribution in [-0.2, 0) is 15.1 Å². The number of nitrogens with zero attached hydrogens (tertiary/aromatic N) is 2. The Hall–Kier alpha value is -3.77. The molecule has 0 aromatic heterocycles. The zero-order valence-electron chi connectivity index (χ0n) is 15.7. The Labute approximate surface area is 176 Å². The number of halogens is 1. The molecule has 2 aliphatic heterocycles. The van der Waals surface area contributed by atoms with Crippen molar-refractivity contribution in [2.45, 2.75) is 12.5 Å². The third-order valence-electron chi connectivity index (χ3n) is 4.90. The van der Waals surface area contributed by atoms with Gasteiger partial charge in [-0.15, -0.1) is 0 Å². The number of nitrogens with one attached hydrogen (secondary N) is 2. The molecule has 1 fully saturated rings. The fourth-order valence-corrected chi connectivity index (χ4v) is 3.49. The lowest BCUT2D eigenvalue weighted by molar-refractivity contribution is -0.133.